The van der Waals surface area contributed by atoms with Crippen molar-refractivity contribution >= 4 is 29.3 Å². The van der Waals surface area contributed by atoms with Gasteiger partial charge in [0.15, 0.2) is 16.7 Å². The molecule has 0 radical (unpaired) electrons. The van der Waals surface area contributed by atoms with Gasteiger partial charge < -0.3 is 19.2 Å². The van der Waals surface area contributed by atoms with Gasteiger partial charge in [-0.05, 0) is 83.9 Å². The van der Waals surface area contributed by atoms with Crippen LogP contribution < -0.4 is 14.8 Å². The Morgan fingerprint density at radius 2 is 1.65 bits per heavy atom. The number of hydrogen-bond donors (Lipinski definition) is 1. The van der Waals surface area contributed by atoms with Gasteiger partial charge in [-0.3, -0.25) is 14.2 Å². The van der Waals surface area contributed by atoms with Gasteiger partial charge in [-0.25, -0.2) is 9.40 Å². The number of halogens is 1. The number of carbonyl (C=O) groups excluding carboxylic acids is 2. The van der Waals surface area contributed by atoms with Crippen molar-refractivity contribution in [1.82, 2.24) is 25.1 Å². The van der Waals surface area contributed by atoms with E-state index in [1.807, 2.05) is 48.5 Å². The zero-order valence-electron chi connectivity index (χ0n) is 24.9. The quantitative estimate of drug-likeness (QED) is 0.190. The molecule has 1 N–H and O–H groups in total. The third-order valence-electron chi connectivity index (χ3n) is 7.35. The first-order valence-corrected chi connectivity index (χ1v) is 15.2. The Hall–Kier alpha value is -5.43. The molecular weight excluding hydrogens is 611 g/mol. The molecule has 0 saturated carbocycles. The summed E-state index contributed by atoms with van der Waals surface area (Å²) in [6.45, 7) is 0.0135. The molecule has 1 atom stereocenters. The molecule has 234 valence electrons. The minimum absolute atomic E-state index is 0.00979. The maximum Gasteiger partial charge on any atom is 0.287 e. The Bertz CT molecular complexity index is 1840. The third kappa shape index (κ3) is 6.64. The van der Waals surface area contributed by atoms with Crippen LogP contribution in [0.4, 0.5) is 4.39 Å². The van der Waals surface area contributed by atoms with E-state index in [2.05, 4.69) is 15.5 Å². The smallest absolute Gasteiger partial charge is 0.287 e. The molecule has 3 heterocycles. The molecule has 0 aliphatic carbocycles. The molecule has 2 aromatic heterocycles. The van der Waals surface area contributed by atoms with Crippen LogP contribution in [0.2, 0.25) is 0 Å². The van der Waals surface area contributed by atoms with Crippen molar-refractivity contribution in [2.24, 2.45) is 5.10 Å². The van der Waals surface area contributed by atoms with E-state index < -0.39 is 11.7 Å². The first-order chi connectivity index (χ1) is 22.4. The SMILES string of the molecule is COc1ccc(C2=NN(C(=O)CSc3nnc(CNC(=O)c4ccco4)n3-c3ccc(F)cc3)[C@@H](c3ccc(OC)cc3)C2)cc1. The lowest BCUT2D eigenvalue weighted by molar-refractivity contribution is -0.130. The maximum atomic E-state index is 13.8. The highest BCUT2D eigenvalue weighted by Gasteiger charge is 2.33. The third-order valence-corrected chi connectivity index (χ3v) is 8.27. The molecular formula is C33H29FN6O5S. The molecule has 0 saturated heterocycles. The molecule has 6 rings (SSSR count). The number of hydrogen-bond acceptors (Lipinski definition) is 9. The van der Waals surface area contributed by atoms with Crippen LogP contribution in [0.15, 0.2) is 106 Å². The number of amides is 2. The monoisotopic (exact) mass is 640 g/mol. The fourth-order valence-corrected chi connectivity index (χ4v) is 5.81. The maximum absolute atomic E-state index is 13.8. The van der Waals surface area contributed by atoms with Gasteiger partial charge in [0.1, 0.15) is 17.3 Å². The molecule has 11 nitrogen and oxygen atoms in total. The summed E-state index contributed by atoms with van der Waals surface area (Å²) in [7, 11) is 3.21. The van der Waals surface area contributed by atoms with Crippen molar-refractivity contribution in [3.8, 4) is 17.2 Å². The second-order valence-corrected chi connectivity index (χ2v) is 11.1. The van der Waals surface area contributed by atoms with Gasteiger partial charge in [-0.2, -0.15) is 5.10 Å². The van der Waals surface area contributed by atoms with Gasteiger partial charge in [0.2, 0.25) is 0 Å². The van der Waals surface area contributed by atoms with Gasteiger partial charge >= 0.3 is 0 Å². The Labute approximate surface area is 268 Å². The van der Waals surface area contributed by atoms with Crippen molar-refractivity contribution in [1.29, 1.82) is 0 Å². The van der Waals surface area contributed by atoms with Crippen LogP contribution in [-0.2, 0) is 11.3 Å². The predicted octanol–water partition coefficient (Wildman–Crippen LogP) is 5.42. The number of carbonyl (C=O) groups is 2. The molecule has 0 fully saturated rings. The van der Waals surface area contributed by atoms with E-state index in [9.17, 15) is 14.0 Å². The van der Waals surface area contributed by atoms with Crippen molar-refractivity contribution < 1.29 is 27.9 Å². The Kier molecular flexibility index (Phi) is 9.10. The number of thioether (sulfide) groups is 1. The molecule has 5 aromatic rings. The standard InChI is InChI=1S/C33H29FN6O5S/c1-43-25-13-5-21(6-14-25)27-18-28(22-7-15-26(44-2)16-8-22)40(38-27)31(41)20-46-33-37-36-30(19-35-32(42)29-4-3-17-45-29)39(33)24-11-9-23(34)10-12-24/h3-17,28H,18-20H2,1-2H3,(H,35,42)/t28-/m1/s1. The molecule has 0 bridgehead atoms. The molecule has 0 spiro atoms. The van der Waals surface area contributed by atoms with Crippen molar-refractivity contribution in [3.63, 3.8) is 0 Å². The number of benzene rings is 3. The number of furan rings is 1. The Balaban J connectivity index is 1.25. The second kappa shape index (κ2) is 13.7. The first kappa shape index (κ1) is 30.6. The van der Waals surface area contributed by atoms with Crippen LogP contribution in [0.25, 0.3) is 5.69 Å². The molecule has 0 unspecified atom stereocenters. The van der Waals surface area contributed by atoms with Gasteiger partial charge in [0.05, 0.1) is 44.5 Å². The normalized spacial score (nSPS) is 14.2. The van der Waals surface area contributed by atoms with Crippen LogP contribution in [-0.4, -0.2) is 57.3 Å². The molecule has 1 aliphatic heterocycles. The van der Waals surface area contributed by atoms with E-state index in [1.54, 1.807) is 43.1 Å². The number of ether oxygens (including phenoxy) is 2. The van der Waals surface area contributed by atoms with Crippen LogP contribution in [0.3, 0.4) is 0 Å². The topological polar surface area (TPSA) is 124 Å². The highest BCUT2D eigenvalue weighted by Crippen LogP contribution is 2.35. The van der Waals surface area contributed by atoms with Gasteiger partial charge in [0.25, 0.3) is 11.8 Å². The zero-order valence-corrected chi connectivity index (χ0v) is 25.7. The van der Waals surface area contributed by atoms with E-state index in [1.165, 1.54) is 35.2 Å². The summed E-state index contributed by atoms with van der Waals surface area (Å²) in [6, 6.07) is 23.7. The van der Waals surface area contributed by atoms with Gasteiger partial charge in [0, 0.05) is 12.1 Å². The number of rotatable bonds is 11. The Morgan fingerprint density at radius 1 is 0.957 bits per heavy atom. The highest BCUT2D eigenvalue weighted by atomic mass is 32.2. The minimum Gasteiger partial charge on any atom is -0.497 e. The van der Waals surface area contributed by atoms with Gasteiger partial charge in [-0.1, -0.05) is 23.9 Å². The fourth-order valence-electron chi connectivity index (χ4n) is 4.99. The summed E-state index contributed by atoms with van der Waals surface area (Å²) >= 11 is 1.17. The number of methoxy groups -OCH3 is 2. The molecule has 1 aliphatic rings. The summed E-state index contributed by atoms with van der Waals surface area (Å²) < 4.78 is 31.2. The summed E-state index contributed by atoms with van der Waals surface area (Å²) in [4.78, 5) is 26.3. The average molecular weight is 641 g/mol. The summed E-state index contributed by atoms with van der Waals surface area (Å²) in [5, 5.41) is 18.0. The number of nitrogens with one attached hydrogen (secondary N) is 1. The molecule has 3 aromatic carbocycles. The summed E-state index contributed by atoms with van der Waals surface area (Å²) in [5.41, 5.74) is 3.14. The van der Waals surface area contributed by atoms with E-state index in [-0.39, 0.29) is 30.0 Å². The lowest BCUT2D eigenvalue weighted by atomic mass is 9.98. The van der Waals surface area contributed by atoms with Gasteiger partial charge in [-0.15, -0.1) is 10.2 Å². The fraction of sp³-hybridized carbons (Fsp3) is 0.182. The lowest BCUT2D eigenvalue weighted by Crippen LogP contribution is -2.28. The van der Waals surface area contributed by atoms with E-state index in [0.29, 0.717) is 28.8 Å². The van der Waals surface area contributed by atoms with Crippen molar-refractivity contribution in [3.05, 3.63) is 120 Å². The average Bonchev–Trinajstić information content (AvgIpc) is 3.87. The number of hydrazone groups is 1. The van der Waals surface area contributed by atoms with E-state index in [4.69, 9.17) is 19.0 Å². The van der Waals surface area contributed by atoms with Crippen molar-refractivity contribution in [2.45, 2.75) is 24.2 Å². The van der Waals surface area contributed by atoms with Crippen molar-refractivity contribution in [2.75, 3.05) is 20.0 Å². The second-order valence-electron chi connectivity index (χ2n) is 10.2. The van der Waals surface area contributed by atoms with Crippen LogP contribution >= 0.6 is 11.8 Å². The van der Waals surface area contributed by atoms with Crippen LogP contribution in [0.5, 0.6) is 11.5 Å². The number of nitrogens with zero attached hydrogens (tertiary/aromatic N) is 5. The minimum atomic E-state index is -0.424. The van der Waals surface area contributed by atoms with E-state index >= 15 is 0 Å². The predicted molar refractivity (Wildman–Crippen MR) is 169 cm³/mol. The number of aromatic nitrogens is 3. The zero-order chi connectivity index (χ0) is 32.0. The first-order valence-electron chi connectivity index (χ1n) is 14.3. The highest BCUT2D eigenvalue weighted by molar-refractivity contribution is 7.99. The van der Waals surface area contributed by atoms with Crippen LogP contribution in [0, 0.1) is 5.82 Å². The van der Waals surface area contributed by atoms with Crippen LogP contribution in [0.1, 0.15) is 40.0 Å². The molecule has 13 heteroatoms. The summed E-state index contributed by atoms with van der Waals surface area (Å²) in [6.07, 6.45) is 1.92. The lowest BCUT2D eigenvalue weighted by Gasteiger charge is -2.22. The summed E-state index contributed by atoms with van der Waals surface area (Å²) in [5.74, 6) is 0.898. The van der Waals surface area contributed by atoms with E-state index in [0.717, 1.165) is 22.6 Å². The molecule has 46 heavy (non-hydrogen) atoms. The Morgan fingerprint density at radius 3 is 2.30 bits per heavy atom. The largest absolute Gasteiger partial charge is 0.497 e. The molecule has 2 amide bonds.